The number of aromatic hydroxyl groups is 1. The third-order valence-electron chi connectivity index (χ3n) is 5.42. The highest BCUT2D eigenvalue weighted by molar-refractivity contribution is 5.90. The highest BCUT2D eigenvalue weighted by Crippen LogP contribution is 2.36. The van der Waals surface area contributed by atoms with Gasteiger partial charge in [0.05, 0.1) is 48.8 Å². The molecule has 0 bridgehead atoms. The maximum absolute atomic E-state index is 11.1. The van der Waals surface area contributed by atoms with E-state index < -0.39 is 0 Å². The fourth-order valence-electron chi connectivity index (χ4n) is 3.91. The van der Waals surface area contributed by atoms with Crippen LogP contribution in [0.25, 0.3) is 28.0 Å². The van der Waals surface area contributed by atoms with E-state index in [1.54, 1.807) is 32.1 Å². The molecule has 0 spiro atoms. The summed E-state index contributed by atoms with van der Waals surface area (Å²) >= 11 is 0. The van der Waals surface area contributed by atoms with Gasteiger partial charge in [0.2, 0.25) is 5.88 Å². The summed E-state index contributed by atoms with van der Waals surface area (Å²) in [6, 6.07) is 7.49. The molecule has 0 atom stereocenters. The van der Waals surface area contributed by atoms with Crippen LogP contribution < -0.4 is 9.47 Å². The van der Waals surface area contributed by atoms with Crippen LogP contribution in [0.5, 0.6) is 17.5 Å². The van der Waals surface area contributed by atoms with Crippen molar-refractivity contribution in [1.29, 1.82) is 0 Å². The van der Waals surface area contributed by atoms with Crippen LogP contribution in [0.3, 0.4) is 0 Å². The zero-order valence-electron chi connectivity index (χ0n) is 18.9. The second kappa shape index (κ2) is 8.88. The first-order chi connectivity index (χ1) is 15.6. The lowest BCUT2D eigenvalue weighted by molar-refractivity contribution is 0.177. The molecule has 4 aromatic rings. The van der Waals surface area contributed by atoms with Crippen molar-refractivity contribution in [2.75, 3.05) is 21.3 Å². The fourth-order valence-corrected chi connectivity index (χ4v) is 3.91. The summed E-state index contributed by atoms with van der Waals surface area (Å²) in [7, 11) is 4.77. The van der Waals surface area contributed by atoms with Crippen molar-refractivity contribution in [2.45, 2.75) is 33.4 Å². The van der Waals surface area contributed by atoms with Crippen LogP contribution in [-0.4, -0.2) is 50.8 Å². The minimum atomic E-state index is 0.117. The first-order valence-corrected chi connectivity index (χ1v) is 10.4. The lowest BCUT2D eigenvalue weighted by Crippen LogP contribution is -2.05. The van der Waals surface area contributed by atoms with Gasteiger partial charge in [0.1, 0.15) is 0 Å². The molecule has 0 aliphatic rings. The van der Waals surface area contributed by atoms with Gasteiger partial charge in [0, 0.05) is 31.5 Å². The van der Waals surface area contributed by atoms with E-state index in [0.717, 1.165) is 28.2 Å². The minimum Gasteiger partial charge on any atom is -0.494 e. The molecule has 0 aliphatic carbocycles. The Morgan fingerprint density at radius 2 is 1.88 bits per heavy atom. The topological polar surface area (TPSA) is 96.5 Å². The van der Waals surface area contributed by atoms with Crippen molar-refractivity contribution in [3.05, 3.63) is 41.9 Å². The molecule has 4 rings (SSSR count). The summed E-state index contributed by atoms with van der Waals surface area (Å²) in [5.74, 6) is 1.69. The molecule has 168 valence electrons. The maximum Gasteiger partial charge on any atom is 0.256 e. The van der Waals surface area contributed by atoms with E-state index in [1.165, 1.54) is 0 Å². The molecule has 0 unspecified atom stereocenters. The highest BCUT2D eigenvalue weighted by atomic mass is 16.5. The highest BCUT2D eigenvalue weighted by Gasteiger charge is 2.21. The Bertz CT molecular complexity index is 1260. The van der Waals surface area contributed by atoms with Crippen molar-refractivity contribution in [3.8, 4) is 34.6 Å². The molecule has 0 aromatic carbocycles. The lowest BCUT2D eigenvalue weighted by Gasteiger charge is -2.08. The summed E-state index contributed by atoms with van der Waals surface area (Å²) < 4.78 is 19.5. The van der Waals surface area contributed by atoms with Gasteiger partial charge in [-0.1, -0.05) is 6.92 Å². The van der Waals surface area contributed by atoms with Gasteiger partial charge in [-0.2, -0.15) is 5.10 Å². The number of fused-ring (bicyclic) bond motifs is 1. The number of aryl methyl sites for hydroxylation is 2. The Labute approximate surface area is 186 Å². The quantitative estimate of drug-likeness (QED) is 0.449. The minimum absolute atomic E-state index is 0.117. The van der Waals surface area contributed by atoms with Gasteiger partial charge in [-0.3, -0.25) is 9.25 Å². The zero-order chi connectivity index (χ0) is 22.8. The average Bonchev–Trinajstić information content (AvgIpc) is 3.35. The van der Waals surface area contributed by atoms with Crippen molar-refractivity contribution < 1.29 is 19.3 Å². The van der Waals surface area contributed by atoms with E-state index in [-0.39, 0.29) is 5.88 Å². The monoisotopic (exact) mass is 437 g/mol. The number of ether oxygens (including phenoxy) is 3. The summed E-state index contributed by atoms with van der Waals surface area (Å²) in [4.78, 5) is 9.17. The summed E-state index contributed by atoms with van der Waals surface area (Å²) in [5, 5.41) is 16.4. The van der Waals surface area contributed by atoms with Crippen LogP contribution in [-0.2, 0) is 24.3 Å². The third-order valence-corrected chi connectivity index (χ3v) is 5.42. The van der Waals surface area contributed by atoms with Crippen LogP contribution in [0.4, 0.5) is 0 Å². The molecule has 4 heterocycles. The lowest BCUT2D eigenvalue weighted by atomic mass is 10.1. The molecule has 0 amide bonds. The zero-order valence-corrected chi connectivity index (χ0v) is 18.9. The van der Waals surface area contributed by atoms with E-state index in [1.807, 2.05) is 42.8 Å². The summed E-state index contributed by atoms with van der Waals surface area (Å²) in [6.45, 7) is 5.20. The number of aromatic nitrogens is 5. The molecular weight excluding hydrogens is 410 g/mol. The molecule has 9 nitrogen and oxygen atoms in total. The smallest absolute Gasteiger partial charge is 0.256 e. The fraction of sp³-hybridized carbons (Fsp3) is 0.348. The van der Waals surface area contributed by atoms with Gasteiger partial charge in [0.25, 0.3) is 5.88 Å². The van der Waals surface area contributed by atoms with E-state index in [0.29, 0.717) is 42.4 Å². The Morgan fingerprint density at radius 3 is 2.53 bits per heavy atom. The van der Waals surface area contributed by atoms with Gasteiger partial charge in [0.15, 0.2) is 11.6 Å². The maximum atomic E-state index is 11.1. The predicted octanol–water partition coefficient (Wildman–Crippen LogP) is 3.74. The van der Waals surface area contributed by atoms with Gasteiger partial charge < -0.3 is 19.3 Å². The Morgan fingerprint density at radius 1 is 1.06 bits per heavy atom. The van der Waals surface area contributed by atoms with Crippen molar-refractivity contribution in [1.82, 2.24) is 24.3 Å². The number of hydrogen-bond donors (Lipinski definition) is 1. The normalized spacial score (nSPS) is 11.3. The Kier molecular flexibility index (Phi) is 6.00. The number of pyridine rings is 2. The standard InChI is InChI=1S/C23H27N5O4/c1-6-18-21-16(23(29)28(18)20-11-15(13-30-3)27(7-2)26-20)8-9-17(25-21)14-10-19(31-4)22(32-5)24-12-14/h8-12,29H,6-7,13H2,1-5H3. The largest absolute Gasteiger partial charge is 0.494 e. The molecule has 1 N–H and O–H groups in total. The molecule has 0 radical (unpaired) electrons. The van der Waals surface area contributed by atoms with E-state index in [4.69, 9.17) is 19.2 Å². The Hall–Kier alpha value is -3.59. The number of nitrogens with zero attached hydrogens (tertiary/aromatic N) is 5. The SMILES string of the molecule is CCc1c2nc(-c3cnc(OC)c(OC)c3)ccc2c(O)n1-c1cc(COC)n(CC)n1. The third kappa shape index (κ3) is 3.54. The molecule has 0 saturated heterocycles. The Balaban J connectivity index is 1.87. The average molecular weight is 438 g/mol. The second-order valence-corrected chi connectivity index (χ2v) is 7.23. The second-order valence-electron chi connectivity index (χ2n) is 7.23. The molecule has 32 heavy (non-hydrogen) atoms. The van der Waals surface area contributed by atoms with Crippen molar-refractivity contribution in [3.63, 3.8) is 0 Å². The van der Waals surface area contributed by atoms with Crippen LogP contribution in [0.15, 0.2) is 30.5 Å². The molecule has 0 aliphatic heterocycles. The van der Waals surface area contributed by atoms with E-state index in [2.05, 4.69) is 10.1 Å². The summed E-state index contributed by atoms with van der Waals surface area (Å²) in [5.41, 5.74) is 4.04. The van der Waals surface area contributed by atoms with Crippen LogP contribution in [0, 0.1) is 0 Å². The molecular formula is C23H27N5O4. The van der Waals surface area contributed by atoms with Crippen LogP contribution in [0.1, 0.15) is 25.2 Å². The number of hydrogen-bond acceptors (Lipinski definition) is 7. The first-order valence-electron chi connectivity index (χ1n) is 10.4. The van der Waals surface area contributed by atoms with Gasteiger partial charge in [-0.05, 0) is 31.5 Å². The van der Waals surface area contributed by atoms with E-state index >= 15 is 0 Å². The molecule has 4 aromatic heterocycles. The van der Waals surface area contributed by atoms with Gasteiger partial charge in [-0.25, -0.2) is 9.97 Å². The number of rotatable bonds is 8. The summed E-state index contributed by atoms with van der Waals surface area (Å²) in [6.07, 6.45) is 2.36. The van der Waals surface area contributed by atoms with Gasteiger partial charge in [-0.15, -0.1) is 0 Å². The van der Waals surface area contributed by atoms with Crippen molar-refractivity contribution in [2.24, 2.45) is 0 Å². The molecule has 0 fully saturated rings. The molecule has 9 heteroatoms. The van der Waals surface area contributed by atoms with Crippen LogP contribution >= 0.6 is 0 Å². The molecule has 0 saturated carbocycles. The predicted molar refractivity (Wildman–Crippen MR) is 121 cm³/mol. The van der Waals surface area contributed by atoms with Crippen molar-refractivity contribution >= 4 is 10.9 Å². The van der Waals surface area contributed by atoms with Gasteiger partial charge >= 0.3 is 0 Å². The van der Waals surface area contributed by atoms with Crippen LogP contribution in [0.2, 0.25) is 0 Å². The van der Waals surface area contributed by atoms with E-state index in [9.17, 15) is 5.11 Å². The number of methoxy groups -OCH3 is 3. The first kappa shape index (κ1) is 21.6.